The van der Waals surface area contributed by atoms with Gasteiger partial charge in [0.05, 0.1) is 0 Å². The highest BCUT2D eigenvalue weighted by Gasteiger charge is 2.40. The summed E-state index contributed by atoms with van der Waals surface area (Å²) in [5.74, 6) is 0.219. The van der Waals surface area contributed by atoms with Crippen molar-refractivity contribution in [3.8, 4) is 0 Å². The molecule has 4 nitrogen and oxygen atoms in total. The van der Waals surface area contributed by atoms with Gasteiger partial charge in [0.15, 0.2) is 0 Å². The number of hydrogen-bond acceptors (Lipinski definition) is 3. The van der Waals surface area contributed by atoms with Crippen LogP contribution in [0, 0.1) is 17.3 Å². The van der Waals surface area contributed by atoms with Gasteiger partial charge in [0, 0.05) is 37.4 Å². The van der Waals surface area contributed by atoms with Crippen LogP contribution in [0.15, 0.2) is 0 Å². The molecule has 1 rings (SSSR count). The lowest BCUT2D eigenvalue weighted by molar-refractivity contribution is -0.144. The zero-order valence-corrected chi connectivity index (χ0v) is 16.0. The molecule has 0 bridgehead atoms. The first-order chi connectivity index (χ1) is 10.7. The van der Waals surface area contributed by atoms with Gasteiger partial charge in [0.2, 0.25) is 5.91 Å². The lowest BCUT2D eigenvalue weighted by Crippen LogP contribution is -2.45. The fourth-order valence-corrected chi connectivity index (χ4v) is 3.52. The van der Waals surface area contributed by atoms with E-state index in [-0.39, 0.29) is 28.9 Å². The SMILES string of the molecule is CCN(CC)CCN(C)C(=O)[C@@H]1CCCC[C@@H]1C(=O)C(C)(C)C. The minimum Gasteiger partial charge on any atom is -0.344 e. The fourth-order valence-electron chi connectivity index (χ4n) is 3.52. The summed E-state index contributed by atoms with van der Waals surface area (Å²) in [4.78, 5) is 29.8. The smallest absolute Gasteiger partial charge is 0.226 e. The molecule has 0 heterocycles. The Labute approximate surface area is 142 Å². The first-order valence-corrected chi connectivity index (χ1v) is 9.24. The minimum absolute atomic E-state index is 0.0906. The van der Waals surface area contributed by atoms with Crippen LogP contribution in [0.4, 0.5) is 0 Å². The molecular formula is C19H36N2O2. The summed E-state index contributed by atoms with van der Waals surface area (Å²) in [5.41, 5.74) is -0.361. The molecule has 0 aromatic heterocycles. The van der Waals surface area contributed by atoms with Gasteiger partial charge in [-0.3, -0.25) is 9.59 Å². The quantitative estimate of drug-likeness (QED) is 0.722. The summed E-state index contributed by atoms with van der Waals surface area (Å²) in [7, 11) is 1.89. The second-order valence-corrected chi connectivity index (χ2v) is 7.90. The molecule has 0 N–H and O–H groups in total. The van der Waals surface area contributed by atoms with E-state index < -0.39 is 0 Å². The summed E-state index contributed by atoms with van der Waals surface area (Å²) in [6, 6.07) is 0. The predicted molar refractivity (Wildman–Crippen MR) is 95.3 cm³/mol. The Kier molecular flexibility index (Phi) is 7.72. The van der Waals surface area contributed by atoms with Crippen LogP contribution in [-0.2, 0) is 9.59 Å². The van der Waals surface area contributed by atoms with E-state index in [1.165, 1.54) is 0 Å². The number of likely N-dealkylation sites (N-methyl/N-ethyl adjacent to an activating group) is 2. The van der Waals surface area contributed by atoms with Crippen molar-refractivity contribution in [2.75, 3.05) is 33.2 Å². The molecule has 1 saturated carbocycles. The van der Waals surface area contributed by atoms with Gasteiger partial charge in [-0.2, -0.15) is 0 Å². The molecular weight excluding hydrogens is 288 g/mol. The maximum Gasteiger partial charge on any atom is 0.226 e. The molecule has 23 heavy (non-hydrogen) atoms. The van der Waals surface area contributed by atoms with Gasteiger partial charge in [-0.05, 0) is 25.9 Å². The summed E-state index contributed by atoms with van der Waals surface area (Å²) in [6.45, 7) is 13.9. The molecule has 0 spiro atoms. The minimum atomic E-state index is -0.361. The van der Waals surface area contributed by atoms with E-state index in [4.69, 9.17) is 0 Å². The van der Waals surface area contributed by atoms with E-state index >= 15 is 0 Å². The van der Waals surface area contributed by atoms with Crippen LogP contribution < -0.4 is 0 Å². The highest BCUT2D eigenvalue weighted by molar-refractivity contribution is 5.91. The third kappa shape index (κ3) is 5.59. The highest BCUT2D eigenvalue weighted by atomic mass is 16.2. The van der Waals surface area contributed by atoms with Gasteiger partial charge < -0.3 is 9.80 Å². The lowest BCUT2D eigenvalue weighted by Gasteiger charge is -2.36. The standard InChI is InChI=1S/C19H36N2O2/c1-7-21(8-2)14-13-20(6)18(23)16-12-10-9-11-15(16)17(22)19(3,4)5/h15-16H,7-14H2,1-6H3/t15-,16+/m0/s1. The Morgan fingerprint density at radius 1 is 0.957 bits per heavy atom. The van der Waals surface area contributed by atoms with E-state index in [0.717, 1.165) is 51.9 Å². The van der Waals surface area contributed by atoms with Gasteiger partial charge in [0.1, 0.15) is 5.78 Å². The average Bonchev–Trinajstić information content (AvgIpc) is 2.53. The Balaban J connectivity index is 2.72. The molecule has 0 unspecified atom stereocenters. The number of ketones is 1. The number of amides is 1. The van der Waals surface area contributed by atoms with Crippen LogP contribution in [0.5, 0.6) is 0 Å². The van der Waals surface area contributed by atoms with Crippen LogP contribution in [0.3, 0.4) is 0 Å². The number of carbonyl (C=O) groups is 2. The van der Waals surface area contributed by atoms with Gasteiger partial charge in [0.25, 0.3) is 0 Å². The number of nitrogens with zero attached hydrogens (tertiary/aromatic N) is 2. The van der Waals surface area contributed by atoms with Crippen molar-refractivity contribution in [2.24, 2.45) is 17.3 Å². The lowest BCUT2D eigenvalue weighted by atomic mass is 9.70. The van der Waals surface area contributed by atoms with Crippen molar-refractivity contribution >= 4 is 11.7 Å². The van der Waals surface area contributed by atoms with Crippen LogP contribution >= 0.6 is 0 Å². The van der Waals surface area contributed by atoms with Gasteiger partial charge in [-0.15, -0.1) is 0 Å². The zero-order valence-electron chi connectivity index (χ0n) is 16.0. The molecule has 4 heteroatoms. The first-order valence-electron chi connectivity index (χ1n) is 9.24. The number of rotatable bonds is 7. The van der Waals surface area contributed by atoms with E-state index in [9.17, 15) is 9.59 Å². The maximum atomic E-state index is 12.9. The largest absolute Gasteiger partial charge is 0.344 e. The predicted octanol–water partition coefficient (Wildman–Crippen LogP) is 3.21. The Morgan fingerprint density at radius 3 is 1.96 bits per heavy atom. The summed E-state index contributed by atoms with van der Waals surface area (Å²) >= 11 is 0. The van der Waals surface area contributed by atoms with Crippen molar-refractivity contribution in [1.29, 1.82) is 0 Å². The van der Waals surface area contributed by atoms with Crippen LogP contribution in [-0.4, -0.2) is 54.7 Å². The van der Waals surface area contributed by atoms with Crippen molar-refractivity contribution in [2.45, 2.75) is 60.3 Å². The Morgan fingerprint density at radius 2 is 1.48 bits per heavy atom. The average molecular weight is 325 g/mol. The normalized spacial score (nSPS) is 22.2. The van der Waals surface area contributed by atoms with Crippen molar-refractivity contribution < 1.29 is 9.59 Å². The van der Waals surface area contributed by atoms with Gasteiger partial charge in [-0.25, -0.2) is 0 Å². The van der Waals surface area contributed by atoms with E-state index in [0.29, 0.717) is 0 Å². The van der Waals surface area contributed by atoms with Crippen LogP contribution in [0.2, 0.25) is 0 Å². The van der Waals surface area contributed by atoms with Crippen molar-refractivity contribution in [1.82, 2.24) is 9.80 Å². The topological polar surface area (TPSA) is 40.6 Å². The molecule has 0 aromatic rings. The van der Waals surface area contributed by atoms with Crippen molar-refractivity contribution in [3.63, 3.8) is 0 Å². The molecule has 2 atom stereocenters. The monoisotopic (exact) mass is 324 g/mol. The van der Waals surface area contributed by atoms with Gasteiger partial charge >= 0.3 is 0 Å². The number of hydrogen-bond donors (Lipinski definition) is 0. The molecule has 0 radical (unpaired) electrons. The molecule has 1 aliphatic carbocycles. The molecule has 1 amide bonds. The second-order valence-electron chi connectivity index (χ2n) is 7.90. The van der Waals surface area contributed by atoms with E-state index in [1.54, 1.807) is 0 Å². The third-order valence-corrected chi connectivity index (χ3v) is 5.18. The second kappa shape index (κ2) is 8.81. The summed E-state index contributed by atoms with van der Waals surface area (Å²) < 4.78 is 0. The zero-order chi connectivity index (χ0) is 17.6. The van der Waals surface area contributed by atoms with Crippen LogP contribution in [0.1, 0.15) is 60.3 Å². The molecule has 1 fully saturated rings. The fraction of sp³-hybridized carbons (Fsp3) is 0.895. The first kappa shape index (κ1) is 20.1. The molecule has 0 aliphatic heterocycles. The molecule has 0 saturated heterocycles. The number of carbonyl (C=O) groups excluding carboxylic acids is 2. The number of Topliss-reactive ketones (excluding diaryl/α,β-unsaturated/α-hetero) is 1. The van der Waals surface area contributed by atoms with Crippen LogP contribution in [0.25, 0.3) is 0 Å². The molecule has 134 valence electrons. The highest BCUT2D eigenvalue weighted by Crippen LogP contribution is 2.36. The molecule has 0 aromatic carbocycles. The maximum absolute atomic E-state index is 12.9. The van der Waals surface area contributed by atoms with E-state index in [1.807, 2.05) is 32.7 Å². The summed E-state index contributed by atoms with van der Waals surface area (Å²) in [6.07, 6.45) is 3.87. The Hall–Kier alpha value is -0.900. The third-order valence-electron chi connectivity index (χ3n) is 5.18. The molecule has 1 aliphatic rings. The Bertz CT molecular complexity index is 397. The van der Waals surface area contributed by atoms with E-state index in [2.05, 4.69) is 18.7 Å². The van der Waals surface area contributed by atoms with Crippen molar-refractivity contribution in [3.05, 3.63) is 0 Å². The van der Waals surface area contributed by atoms with Gasteiger partial charge in [-0.1, -0.05) is 47.5 Å². The summed E-state index contributed by atoms with van der Waals surface area (Å²) in [5, 5.41) is 0.